The largest absolute Gasteiger partial charge is 0.361 e. The Bertz CT molecular complexity index is 569. The second-order valence-electron chi connectivity index (χ2n) is 5.28. The topological polar surface area (TPSA) is 28.2 Å². The van der Waals surface area contributed by atoms with Crippen LogP contribution in [0, 0.1) is 5.92 Å². The molecule has 3 rings (SSSR count). The lowest BCUT2D eigenvalue weighted by Gasteiger charge is -2.29. The van der Waals surface area contributed by atoms with Crippen molar-refractivity contribution < 1.29 is 0 Å². The van der Waals surface area contributed by atoms with Crippen molar-refractivity contribution in [1.29, 1.82) is 0 Å². The van der Waals surface area contributed by atoms with Crippen LogP contribution >= 0.6 is 27.3 Å². The van der Waals surface area contributed by atoms with Gasteiger partial charge in [0.15, 0.2) is 5.13 Å². The van der Waals surface area contributed by atoms with Gasteiger partial charge in [-0.05, 0) is 50.6 Å². The molecule has 1 aromatic carbocycles. The van der Waals surface area contributed by atoms with Gasteiger partial charge in [-0.25, -0.2) is 4.98 Å². The van der Waals surface area contributed by atoms with Crippen LogP contribution in [0.2, 0.25) is 0 Å². The second-order valence-corrected chi connectivity index (χ2v) is 7.23. The van der Waals surface area contributed by atoms with Gasteiger partial charge in [0.05, 0.1) is 10.2 Å². The Morgan fingerprint density at radius 1 is 1.53 bits per heavy atom. The number of nitrogens with zero attached hydrogens (tertiary/aromatic N) is 2. The van der Waals surface area contributed by atoms with E-state index < -0.39 is 0 Å². The molecule has 1 aromatic heterocycles. The first kappa shape index (κ1) is 13.3. The number of rotatable bonds is 3. The highest BCUT2D eigenvalue weighted by Gasteiger charge is 2.17. The SMILES string of the molecule is CN1CCCC(CNc2nc3cc(Br)ccc3s2)C1. The molecule has 19 heavy (non-hydrogen) atoms. The minimum absolute atomic E-state index is 0.748. The molecule has 0 spiro atoms. The zero-order valence-corrected chi connectivity index (χ0v) is 13.4. The maximum Gasteiger partial charge on any atom is 0.183 e. The lowest BCUT2D eigenvalue weighted by atomic mass is 9.99. The molecular formula is C14H18BrN3S. The van der Waals surface area contributed by atoms with Crippen molar-refractivity contribution >= 4 is 42.6 Å². The Balaban J connectivity index is 1.65. The minimum Gasteiger partial charge on any atom is -0.361 e. The van der Waals surface area contributed by atoms with Crippen LogP contribution in [0.5, 0.6) is 0 Å². The maximum absolute atomic E-state index is 4.64. The van der Waals surface area contributed by atoms with Crippen LogP contribution in [-0.2, 0) is 0 Å². The molecule has 1 fully saturated rings. The molecule has 5 heteroatoms. The van der Waals surface area contributed by atoms with Gasteiger partial charge in [-0.2, -0.15) is 0 Å². The third kappa shape index (κ3) is 3.27. The van der Waals surface area contributed by atoms with E-state index in [2.05, 4.69) is 56.4 Å². The second kappa shape index (κ2) is 5.77. The molecule has 1 saturated heterocycles. The Kier molecular flexibility index (Phi) is 4.05. The summed E-state index contributed by atoms with van der Waals surface area (Å²) >= 11 is 5.23. The van der Waals surface area contributed by atoms with Crippen LogP contribution in [0.4, 0.5) is 5.13 Å². The van der Waals surface area contributed by atoms with Gasteiger partial charge in [0.25, 0.3) is 0 Å². The summed E-state index contributed by atoms with van der Waals surface area (Å²) in [5.41, 5.74) is 1.07. The Hall–Kier alpha value is -0.650. The Morgan fingerprint density at radius 2 is 2.42 bits per heavy atom. The number of likely N-dealkylation sites (tertiary alicyclic amines) is 1. The van der Waals surface area contributed by atoms with Crippen LogP contribution in [0.1, 0.15) is 12.8 Å². The van der Waals surface area contributed by atoms with E-state index in [4.69, 9.17) is 0 Å². The van der Waals surface area contributed by atoms with Crippen LogP contribution in [0.3, 0.4) is 0 Å². The molecule has 0 amide bonds. The number of anilines is 1. The zero-order valence-electron chi connectivity index (χ0n) is 11.0. The fourth-order valence-electron chi connectivity index (χ4n) is 2.65. The summed E-state index contributed by atoms with van der Waals surface area (Å²) in [5.74, 6) is 0.748. The van der Waals surface area contributed by atoms with Crippen molar-refractivity contribution in [1.82, 2.24) is 9.88 Å². The molecule has 0 radical (unpaired) electrons. The lowest BCUT2D eigenvalue weighted by Crippen LogP contribution is -2.35. The third-order valence-electron chi connectivity index (χ3n) is 3.61. The molecule has 2 heterocycles. The number of fused-ring (bicyclic) bond motifs is 1. The molecule has 1 aliphatic heterocycles. The van der Waals surface area contributed by atoms with Gasteiger partial charge >= 0.3 is 0 Å². The minimum atomic E-state index is 0.748. The number of nitrogens with one attached hydrogen (secondary N) is 1. The fraction of sp³-hybridized carbons (Fsp3) is 0.500. The molecule has 3 nitrogen and oxygen atoms in total. The summed E-state index contributed by atoms with van der Waals surface area (Å²) in [5, 5.41) is 4.55. The van der Waals surface area contributed by atoms with Gasteiger partial charge in [0.2, 0.25) is 0 Å². The van der Waals surface area contributed by atoms with Crippen molar-refractivity contribution in [3.8, 4) is 0 Å². The number of hydrogen-bond acceptors (Lipinski definition) is 4. The van der Waals surface area contributed by atoms with Gasteiger partial charge in [-0.3, -0.25) is 0 Å². The molecule has 0 bridgehead atoms. The average molecular weight is 340 g/mol. The van der Waals surface area contributed by atoms with Crippen LogP contribution in [-0.4, -0.2) is 36.6 Å². The molecule has 1 atom stereocenters. The predicted molar refractivity (Wildman–Crippen MR) is 86.0 cm³/mol. The number of benzene rings is 1. The van der Waals surface area contributed by atoms with Crippen molar-refractivity contribution in [3.05, 3.63) is 22.7 Å². The maximum atomic E-state index is 4.64. The highest BCUT2D eigenvalue weighted by molar-refractivity contribution is 9.10. The first-order valence-corrected chi connectivity index (χ1v) is 8.30. The number of thiazole rings is 1. The summed E-state index contributed by atoms with van der Waals surface area (Å²) in [4.78, 5) is 7.06. The van der Waals surface area contributed by atoms with E-state index in [-0.39, 0.29) is 0 Å². The molecule has 1 unspecified atom stereocenters. The fourth-order valence-corrected chi connectivity index (χ4v) is 3.85. The van der Waals surface area contributed by atoms with Crippen LogP contribution in [0.25, 0.3) is 10.2 Å². The van der Waals surface area contributed by atoms with Crippen molar-refractivity contribution in [2.24, 2.45) is 5.92 Å². The van der Waals surface area contributed by atoms with Crippen LogP contribution < -0.4 is 5.32 Å². The quantitative estimate of drug-likeness (QED) is 0.921. The number of aromatic nitrogens is 1. The molecule has 0 saturated carbocycles. The average Bonchev–Trinajstić information content (AvgIpc) is 2.78. The van der Waals surface area contributed by atoms with E-state index in [1.807, 2.05) is 0 Å². The highest BCUT2D eigenvalue weighted by Crippen LogP contribution is 2.28. The summed E-state index contributed by atoms with van der Waals surface area (Å²) < 4.78 is 2.33. The predicted octanol–water partition coefficient (Wildman–Crippen LogP) is 3.81. The van der Waals surface area contributed by atoms with Gasteiger partial charge in [0, 0.05) is 17.6 Å². The van der Waals surface area contributed by atoms with Crippen molar-refractivity contribution in [2.75, 3.05) is 32.0 Å². The summed E-state index contributed by atoms with van der Waals surface area (Å²) in [6.07, 6.45) is 2.64. The number of hydrogen-bond donors (Lipinski definition) is 1. The molecule has 0 aliphatic carbocycles. The Labute approximate surface area is 126 Å². The molecule has 102 valence electrons. The van der Waals surface area contributed by atoms with E-state index in [0.717, 1.165) is 27.6 Å². The van der Waals surface area contributed by atoms with Gasteiger partial charge in [-0.1, -0.05) is 27.3 Å². The standard InChI is InChI=1S/C14H18BrN3S/c1-18-6-2-3-10(9-18)8-16-14-17-12-7-11(15)4-5-13(12)19-14/h4-5,7,10H,2-3,6,8-9H2,1H3,(H,16,17). The molecule has 2 aromatic rings. The summed E-state index contributed by atoms with van der Waals surface area (Å²) in [6, 6.07) is 6.27. The van der Waals surface area contributed by atoms with E-state index in [9.17, 15) is 0 Å². The van der Waals surface area contributed by atoms with Gasteiger partial charge in [-0.15, -0.1) is 0 Å². The lowest BCUT2D eigenvalue weighted by molar-refractivity contribution is 0.217. The van der Waals surface area contributed by atoms with E-state index in [1.165, 1.54) is 30.6 Å². The summed E-state index contributed by atoms with van der Waals surface area (Å²) in [7, 11) is 2.21. The van der Waals surface area contributed by atoms with E-state index in [1.54, 1.807) is 11.3 Å². The van der Waals surface area contributed by atoms with E-state index in [0.29, 0.717) is 0 Å². The van der Waals surface area contributed by atoms with E-state index >= 15 is 0 Å². The normalized spacial score (nSPS) is 20.8. The first-order chi connectivity index (χ1) is 9.20. The monoisotopic (exact) mass is 339 g/mol. The zero-order chi connectivity index (χ0) is 13.2. The number of piperidine rings is 1. The Morgan fingerprint density at radius 3 is 3.26 bits per heavy atom. The van der Waals surface area contributed by atoms with Crippen LogP contribution in [0.15, 0.2) is 22.7 Å². The first-order valence-electron chi connectivity index (χ1n) is 6.69. The van der Waals surface area contributed by atoms with Gasteiger partial charge < -0.3 is 10.2 Å². The van der Waals surface area contributed by atoms with Crippen molar-refractivity contribution in [3.63, 3.8) is 0 Å². The molecule has 1 N–H and O–H groups in total. The molecular weight excluding hydrogens is 322 g/mol. The highest BCUT2D eigenvalue weighted by atomic mass is 79.9. The molecule has 1 aliphatic rings. The van der Waals surface area contributed by atoms with Gasteiger partial charge in [0.1, 0.15) is 0 Å². The van der Waals surface area contributed by atoms with Crippen molar-refractivity contribution in [2.45, 2.75) is 12.8 Å². The smallest absolute Gasteiger partial charge is 0.183 e. The third-order valence-corrected chi connectivity index (χ3v) is 5.10. The number of halogens is 1. The summed E-state index contributed by atoms with van der Waals surface area (Å²) in [6.45, 7) is 3.47.